The quantitative estimate of drug-likeness (QED) is 0.579. The average Bonchev–Trinajstić information content (AvgIpc) is 2.60. The molecule has 0 fully saturated rings. The average molecular weight is 338 g/mol. The maximum atomic E-state index is 12.3. The summed E-state index contributed by atoms with van der Waals surface area (Å²) in [5.41, 5.74) is 0.190. The number of amides is 1. The lowest BCUT2D eigenvalue weighted by molar-refractivity contribution is 0.0696. The second-order valence-corrected chi connectivity index (χ2v) is 5.41. The number of aromatic hydroxyl groups is 1. The first kappa shape index (κ1) is 16.3. The minimum absolute atomic E-state index is 0.0877. The molecule has 0 aliphatic rings. The van der Waals surface area contributed by atoms with Gasteiger partial charge in [-0.15, -0.1) is 0 Å². The number of para-hydroxylation sites is 1. The van der Waals surface area contributed by atoms with Crippen LogP contribution in [0.5, 0.6) is 5.75 Å². The predicted octanol–water partition coefficient (Wildman–Crippen LogP) is 1.86. The zero-order valence-electron chi connectivity index (χ0n) is 12.9. The number of hydrogen-bond donors (Lipinski definition) is 4. The van der Waals surface area contributed by atoms with Gasteiger partial charge in [0.05, 0.1) is 11.1 Å². The smallest absolute Gasteiger partial charge is 0.335 e. The maximum Gasteiger partial charge on any atom is 0.335 e. The van der Waals surface area contributed by atoms with Gasteiger partial charge in [0.25, 0.3) is 11.5 Å². The number of hydrogen-bond acceptors (Lipinski definition) is 4. The van der Waals surface area contributed by atoms with E-state index in [-0.39, 0.29) is 23.4 Å². The van der Waals surface area contributed by atoms with E-state index in [0.717, 1.165) is 0 Å². The van der Waals surface area contributed by atoms with Crippen molar-refractivity contribution >= 4 is 22.8 Å². The normalized spacial score (nSPS) is 10.6. The number of pyridine rings is 1. The van der Waals surface area contributed by atoms with E-state index >= 15 is 0 Å². The predicted molar refractivity (Wildman–Crippen MR) is 90.8 cm³/mol. The Morgan fingerprint density at radius 2 is 1.72 bits per heavy atom. The first-order chi connectivity index (χ1) is 12.0. The van der Waals surface area contributed by atoms with Crippen molar-refractivity contribution in [3.05, 3.63) is 75.6 Å². The van der Waals surface area contributed by atoms with E-state index in [4.69, 9.17) is 5.11 Å². The van der Waals surface area contributed by atoms with Gasteiger partial charge in [-0.2, -0.15) is 0 Å². The number of aromatic nitrogens is 1. The Bertz CT molecular complexity index is 1020. The van der Waals surface area contributed by atoms with Gasteiger partial charge >= 0.3 is 5.97 Å². The molecule has 126 valence electrons. The number of carboxylic acids is 1. The number of carbonyl (C=O) groups excluding carboxylic acids is 1. The van der Waals surface area contributed by atoms with Crippen molar-refractivity contribution in [2.75, 3.05) is 0 Å². The van der Waals surface area contributed by atoms with Crippen molar-refractivity contribution in [1.29, 1.82) is 0 Å². The second kappa shape index (κ2) is 6.48. The van der Waals surface area contributed by atoms with Crippen LogP contribution in [-0.2, 0) is 6.54 Å². The highest BCUT2D eigenvalue weighted by atomic mass is 16.4. The Morgan fingerprint density at radius 3 is 2.40 bits per heavy atom. The third-order valence-corrected chi connectivity index (χ3v) is 3.78. The largest absolute Gasteiger partial charge is 0.506 e. The molecule has 0 saturated carbocycles. The van der Waals surface area contributed by atoms with E-state index in [1.807, 2.05) is 0 Å². The van der Waals surface area contributed by atoms with Crippen LogP contribution in [0.25, 0.3) is 10.9 Å². The number of benzene rings is 2. The summed E-state index contributed by atoms with van der Waals surface area (Å²) < 4.78 is 0. The molecule has 1 amide bonds. The fourth-order valence-electron chi connectivity index (χ4n) is 2.47. The Kier molecular flexibility index (Phi) is 4.21. The molecule has 4 N–H and O–H groups in total. The topological polar surface area (TPSA) is 119 Å². The number of H-pyrrole nitrogens is 1. The number of carboxylic acid groups (broad SMARTS) is 1. The summed E-state index contributed by atoms with van der Waals surface area (Å²) in [5.74, 6) is -2.13. The molecule has 0 bridgehead atoms. The third-order valence-electron chi connectivity index (χ3n) is 3.78. The number of aromatic carboxylic acids is 1. The van der Waals surface area contributed by atoms with Crippen molar-refractivity contribution in [1.82, 2.24) is 10.3 Å². The minimum Gasteiger partial charge on any atom is -0.506 e. The van der Waals surface area contributed by atoms with Gasteiger partial charge in [0.1, 0.15) is 11.3 Å². The number of aromatic amines is 1. The highest BCUT2D eigenvalue weighted by Crippen LogP contribution is 2.24. The van der Waals surface area contributed by atoms with Gasteiger partial charge in [-0.05, 0) is 29.8 Å². The first-order valence-electron chi connectivity index (χ1n) is 7.42. The molecule has 1 heterocycles. The lowest BCUT2D eigenvalue weighted by Crippen LogP contribution is -2.29. The standard InChI is InChI=1S/C18H14N2O5/c21-15-12-3-1-2-4-13(12)20-17(23)14(15)16(22)19-9-10-5-7-11(8-6-10)18(24)25/h1-8H,9H2,(H,19,22)(H,24,25)(H2,20,21,23). The number of rotatable bonds is 4. The van der Waals surface area contributed by atoms with Gasteiger partial charge in [-0.25, -0.2) is 4.79 Å². The highest BCUT2D eigenvalue weighted by Gasteiger charge is 2.18. The molecule has 3 aromatic rings. The van der Waals surface area contributed by atoms with Crippen LogP contribution in [0, 0.1) is 0 Å². The zero-order chi connectivity index (χ0) is 18.0. The minimum atomic E-state index is -1.04. The summed E-state index contributed by atoms with van der Waals surface area (Å²) in [6.45, 7) is 0.0877. The molecule has 0 spiro atoms. The Morgan fingerprint density at radius 1 is 1.04 bits per heavy atom. The summed E-state index contributed by atoms with van der Waals surface area (Å²) in [5, 5.41) is 22.0. The van der Waals surface area contributed by atoms with Gasteiger partial charge in [0.2, 0.25) is 0 Å². The van der Waals surface area contributed by atoms with Crippen LogP contribution in [-0.4, -0.2) is 27.1 Å². The molecule has 0 atom stereocenters. The van der Waals surface area contributed by atoms with Crippen molar-refractivity contribution in [3.63, 3.8) is 0 Å². The third kappa shape index (κ3) is 3.20. The molecule has 0 aliphatic carbocycles. The molecule has 0 saturated heterocycles. The van der Waals surface area contributed by atoms with Gasteiger partial charge in [0.15, 0.2) is 0 Å². The fourth-order valence-corrected chi connectivity index (χ4v) is 2.47. The van der Waals surface area contributed by atoms with E-state index in [2.05, 4.69) is 10.3 Å². The fraction of sp³-hybridized carbons (Fsp3) is 0.0556. The lowest BCUT2D eigenvalue weighted by Gasteiger charge is -2.08. The van der Waals surface area contributed by atoms with Crippen LogP contribution in [0.15, 0.2) is 53.3 Å². The molecule has 25 heavy (non-hydrogen) atoms. The lowest BCUT2D eigenvalue weighted by atomic mass is 10.1. The summed E-state index contributed by atoms with van der Waals surface area (Å²) in [7, 11) is 0. The number of carbonyl (C=O) groups is 2. The molecule has 3 rings (SSSR count). The summed E-state index contributed by atoms with van der Waals surface area (Å²) in [4.78, 5) is 37.7. The monoisotopic (exact) mass is 338 g/mol. The van der Waals surface area contributed by atoms with Crippen LogP contribution in [0.1, 0.15) is 26.3 Å². The Labute approximate surface area is 141 Å². The number of fused-ring (bicyclic) bond motifs is 1. The molecule has 0 unspecified atom stereocenters. The van der Waals surface area contributed by atoms with Crippen molar-refractivity contribution < 1.29 is 19.8 Å². The molecule has 0 radical (unpaired) electrons. The van der Waals surface area contributed by atoms with Crippen LogP contribution >= 0.6 is 0 Å². The van der Waals surface area contributed by atoms with E-state index in [1.54, 1.807) is 36.4 Å². The summed E-state index contributed by atoms with van der Waals surface area (Å²) >= 11 is 0. The molecule has 2 aromatic carbocycles. The Hall–Kier alpha value is -3.61. The highest BCUT2D eigenvalue weighted by molar-refractivity contribution is 6.02. The van der Waals surface area contributed by atoms with Gasteiger partial charge in [-0.3, -0.25) is 9.59 Å². The molecule has 7 heteroatoms. The Balaban J connectivity index is 1.83. The van der Waals surface area contributed by atoms with Crippen LogP contribution < -0.4 is 10.9 Å². The van der Waals surface area contributed by atoms with E-state index in [0.29, 0.717) is 16.5 Å². The molecule has 1 aromatic heterocycles. The molecule has 0 aliphatic heterocycles. The van der Waals surface area contributed by atoms with E-state index < -0.39 is 17.4 Å². The van der Waals surface area contributed by atoms with Crippen LogP contribution in [0.4, 0.5) is 0 Å². The molecular weight excluding hydrogens is 324 g/mol. The second-order valence-electron chi connectivity index (χ2n) is 5.41. The van der Waals surface area contributed by atoms with Crippen molar-refractivity contribution in [2.24, 2.45) is 0 Å². The van der Waals surface area contributed by atoms with Gasteiger partial charge < -0.3 is 20.5 Å². The van der Waals surface area contributed by atoms with Gasteiger partial charge in [0, 0.05) is 11.9 Å². The summed E-state index contributed by atoms with van der Waals surface area (Å²) in [6, 6.07) is 12.6. The van der Waals surface area contributed by atoms with Gasteiger partial charge in [-0.1, -0.05) is 24.3 Å². The SMILES string of the molecule is O=C(O)c1ccc(CNC(=O)c2c(O)c3ccccc3[nH]c2=O)cc1. The molecular formula is C18H14N2O5. The van der Waals surface area contributed by atoms with Crippen molar-refractivity contribution in [3.8, 4) is 5.75 Å². The van der Waals surface area contributed by atoms with Crippen LogP contribution in [0.2, 0.25) is 0 Å². The zero-order valence-corrected chi connectivity index (χ0v) is 12.9. The summed E-state index contributed by atoms with van der Waals surface area (Å²) in [6.07, 6.45) is 0. The van der Waals surface area contributed by atoms with E-state index in [1.165, 1.54) is 12.1 Å². The van der Waals surface area contributed by atoms with Crippen LogP contribution in [0.3, 0.4) is 0 Å². The first-order valence-corrected chi connectivity index (χ1v) is 7.42. The number of nitrogens with one attached hydrogen (secondary N) is 2. The maximum absolute atomic E-state index is 12.3. The molecule has 7 nitrogen and oxygen atoms in total. The van der Waals surface area contributed by atoms with E-state index in [9.17, 15) is 19.5 Å². The van der Waals surface area contributed by atoms with Crippen molar-refractivity contribution in [2.45, 2.75) is 6.54 Å².